The Morgan fingerprint density at radius 2 is 1.04 bits per heavy atom. The minimum absolute atomic E-state index is 0. The molecule has 142 valence electrons. The first-order valence-electron chi connectivity index (χ1n) is 10.2. The Balaban J connectivity index is 0. The van der Waals surface area contributed by atoms with Gasteiger partial charge in [-0.3, -0.25) is 4.70 Å². The summed E-state index contributed by atoms with van der Waals surface area (Å²) in [5.41, 5.74) is 5.69. The Morgan fingerprint density at radius 3 is 1.39 bits per heavy atom. The third kappa shape index (κ3) is 19.8. The lowest BCUT2D eigenvalue weighted by molar-refractivity contribution is 0.0611. The van der Waals surface area contributed by atoms with E-state index in [4.69, 9.17) is 10.5 Å². The quantitative estimate of drug-likeness (QED) is 0.296. The van der Waals surface area contributed by atoms with Crippen LogP contribution in [0.15, 0.2) is 0 Å². The van der Waals surface area contributed by atoms with Gasteiger partial charge >= 0.3 is 0 Å². The van der Waals surface area contributed by atoms with Crippen LogP contribution in [0.2, 0.25) is 0 Å². The summed E-state index contributed by atoms with van der Waals surface area (Å²) in [6, 6.07) is 0. The molecule has 0 heterocycles. The van der Waals surface area contributed by atoms with E-state index in [0.29, 0.717) is 12.6 Å². The van der Waals surface area contributed by atoms with Crippen molar-refractivity contribution in [3.63, 3.8) is 0 Å². The Kier molecular flexibility index (Phi) is 23.8. The first-order chi connectivity index (χ1) is 10.8. The van der Waals surface area contributed by atoms with Crippen molar-refractivity contribution in [1.82, 2.24) is 0 Å². The molecule has 3 heteroatoms. The summed E-state index contributed by atoms with van der Waals surface area (Å²) in [5, 5.41) is 0. The maximum atomic E-state index is 5.69. The molecule has 0 amide bonds. The molecule has 0 aliphatic heterocycles. The highest BCUT2D eigenvalue weighted by Crippen LogP contribution is 2.14. The van der Waals surface area contributed by atoms with Crippen LogP contribution in [0.25, 0.3) is 0 Å². The van der Waals surface area contributed by atoms with E-state index in [9.17, 15) is 0 Å². The maximum Gasteiger partial charge on any atom is 0.0697 e. The summed E-state index contributed by atoms with van der Waals surface area (Å²) in [6.45, 7) is 5.80. The first-order valence-corrected chi connectivity index (χ1v) is 10.2. The van der Waals surface area contributed by atoms with Gasteiger partial charge < -0.3 is 10.5 Å². The molecule has 0 fully saturated rings. The minimum atomic E-state index is 0. The molecule has 0 bridgehead atoms. The molecule has 0 saturated carbocycles. The van der Waals surface area contributed by atoms with Crippen LogP contribution in [0.1, 0.15) is 110 Å². The predicted octanol–water partition coefficient (Wildman–Crippen LogP) is 6.37. The van der Waals surface area contributed by atoms with Crippen molar-refractivity contribution >= 4 is 0 Å². The number of hydrogen-bond donors (Lipinski definition) is 1. The molecule has 0 aliphatic rings. The van der Waals surface area contributed by atoms with Gasteiger partial charge in [0.15, 0.2) is 0 Å². The Morgan fingerprint density at radius 1 is 0.652 bits per heavy atom. The van der Waals surface area contributed by atoms with Crippen molar-refractivity contribution in [2.24, 2.45) is 5.73 Å². The zero-order valence-corrected chi connectivity index (χ0v) is 16.0. The Labute approximate surface area is 145 Å². The first kappa shape index (κ1) is 25.1. The lowest BCUT2D eigenvalue weighted by Crippen LogP contribution is -2.23. The highest BCUT2D eigenvalue weighted by atomic mass is 19.0. The molecular formula is C20H44FNO. The summed E-state index contributed by atoms with van der Waals surface area (Å²) in [5.74, 6) is 0. The average molecular weight is 334 g/mol. The summed E-state index contributed by atoms with van der Waals surface area (Å²) in [6.07, 6.45) is 21.3. The van der Waals surface area contributed by atoms with Crippen molar-refractivity contribution in [1.29, 1.82) is 0 Å². The van der Waals surface area contributed by atoms with Gasteiger partial charge in [0.1, 0.15) is 0 Å². The largest absolute Gasteiger partial charge is 0.377 e. The molecule has 0 radical (unpaired) electrons. The van der Waals surface area contributed by atoms with Crippen LogP contribution in [0.4, 0.5) is 4.70 Å². The van der Waals surface area contributed by atoms with Crippen LogP contribution in [-0.4, -0.2) is 19.3 Å². The molecule has 1 atom stereocenters. The second-order valence-corrected chi connectivity index (χ2v) is 6.70. The van der Waals surface area contributed by atoms with E-state index in [1.54, 1.807) is 0 Å². The van der Waals surface area contributed by atoms with Crippen LogP contribution in [-0.2, 0) is 4.74 Å². The van der Waals surface area contributed by atoms with E-state index in [0.717, 1.165) is 13.0 Å². The van der Waals surface area contributed by atoms with Gasteiger partial charge in [0.05, 0.1) is 6.10 Å². The highest BCUT2D eigenvalue weighted by Gasteiger charge is 2.04. The van der Waals surface area contributed by atoms with E-state index in [-0.39, 0.29) is 4.70 Å². The Hall–Kier alpha value is -0.150. The molecule has 0 aromatic rings. The third-order valence-electron chi connectivity index (χ3n) is 4.54. The van der Waals surface area contributed by atoms with Gasteiger partial charge in [-0.25, -0.2) is 0 Å². The molecule has 0 aliphatic carbocycles. The van der Waals surface area contributed by atoms with Crippen LogP contribution in [0, 0.1) is 0 Å². The van der Waals surface area contributed by atoms with E-state index in [2.05, 4.69) is 6.92 Å². The molecule has 0 aromatic carbocycles. The fraction of sp³-hybridized carbons (Fsp3) is 1.00. The number of halogens is 1. The van der Waals surface area contributed by atoms with Gasteiger partial charge in [-0.05, 0) is 13.3 Å². The van der Waals surface area contributed by atoms with Crippen LogP contribution in [0.5, 0.6) is 0 Å². The zero-order chi connectivity index (χ0) is 16.3. The monoisotopic (exact) mass is 333 g/mol. The maximum absolute atomic E-state index is 5.69. The van der Waals surface area contributed by atoms with Gasteiger partial charge in [-0.1, -0.05) is 96.8 Å². The summed E-state index contributed by atoms with van der Waals surface area (Å²) >= 11 is 0. The number of hydrogen-bond acceptors (Lipinski definition) is 2. The molecule has 2 N–H and O–H groups in total. The lowest BCUT2D eigenvalue weighted by Gasteiger charge is -2.14. The summed E-state index contributed by atoms with van der Waals surface area (Å²) in [4.78, 5) is 0. The van der Waals surface area contributed by atoms with Gasteiger partial charge in [-0.15, -0.1) is 0 Å². The molecule has 2 nitrogen and oxygen atoms in total. The van der Waals surface area contributed by atoms with Crippen molar-refractivity contribution in [3.8, 4) is 0 Å². The van der Waals surface area contributed by atoms with Crippen LogP contribution in [0.3, 0.4) is 0 Å². The van der Waals surface area contributed by atoms with E-state index >= 15 is 0 Å². The fourth-order valence-corrected chi connectivity index (χ4v) is 3.07. The zero-order valence-electron chi connectivity index (χ0n) is 16.0. The normalized spacial score (nSPS) is 12.1. The van der Waals surface area contributed by atoms with Gasteiger partial charge in [-0.2, -0.15) is 0 Å². The highest BCUT2D eigenvalue weighted by molar-refractivity contribution is 4.59. The Bertz CT molecular complexity index is 202. The summed E-state index contributed by atoms with van der Waals surface area (Å²) < 4.78 is 5.58. The second kappa shape index (κ2) is 21.9. The molecular weight excluding hydrogens is 289 g/mol. The van der Waals surface area contributed by atoms with Crippen molar-refractivity contribution in [2.75, 3.05) is 13.2 Å². The third-order valence-corrected chi connectivity index (χ3v) is 4.54. The van der Waals surface area contributed by atoms with Gasteiger partial charge in [0.25, 0.3) is 0 Å². The molecule has 1 unspecified atom stereocenters. The molecule has 23 heavy (non-hydrogen) atoms. The predicted molar refractivity (Wildman–Crippen MR) is 102 cm³/mol. The smallest absolute Gasteiger partial charge is 0.0697 e. The van der Waals surface area contributed by atoms with Crippen molar-refractivity contribution < 1.29 is 9.44 Å². The average Bonchev–Trinajstić information content (AvgIpc) is 2.54. The fourth-order valence-electron chi connectivity index (χ4n) is 3.07. The lowest BCUT2D eigenvalue weighted by atomic mass is 10.0. The number of rotatable bonds is 18. The molecule has 0 saturated heterocycles. The van der Waals surface area contributed by atoms with E-state index in [1.165, 1.54) is 89.9 Å². The van der Waals surface area contributed by atoms with E-state index in [1.807, 2.05) is 6.92 Å². The van der Waals surface area contributed by atoms with E-state index < -0.39 is 0 Å². The van der Waals surface area contributed by atoms with Crippen LogP contribution < -0.4 is 5.73 Å². The SMILES string of the molecule is CCCCCCCCCCCCCCCCC(CN)OCC.F. The molecule has 0 spiro atoms. The number of ether oxygens (including phenoxy) is 1. The number of unbranched alkanes of at least 4 members (excludes halogenated alkanes) is 13. The van der Waals surface area contributed by atoms with Crippen LogP contribution >= 0.6 is 0 Å². The minimum Gasteiger partial charge on any atom is -0.377 e. The van der Waals surface area contributed by atoms with Crippen molar-refractivity contribution in [2.45, 2.75) is 116 Å². The standard InChI is InChI=1S/C20H43NO.FH/c1-3-5-6-7-8-9-10-11-12-13-14-15-16-17-18-20(19-21)22-4-2;/h20H,3-19,21H2,1-2H3;1H. The topological polar surface area (TPSA) is 35.2 Å². The summed E-state index contributed by atoms with van der Waals surface area (Å²) in [7, 11) is 0. The molecule has 0 rings (SSSR count). The van der Waals surface area contributed by atoms with Gasteiger partial charge in [0.2, 0.25) is 0 Å². The molecule has 0 aromatic heterocycles. The van der Waals surface area contributed by atoms with Crippen molar-refractivity contribution in [3.05, 3.63) is 0 Å². The number of nitrogens with two attached hydrogens (primary N) is 1. The second-order valence-electron chi connectivity index (χ2n) is 6.70. The van der Waals surface area contributed by atoms with Gasteiger partial charge in [0, 0.05) is 13.2 Å².